The lowest BCUT2D eigenvalue weighted by atomic mass is 10.0. The molecule has 0 amide bonds. The second kappa shape index (κ2) is 6.83. The monoisotopic (exact) mass is 218 g/mol. The molecule has 0 heterocycles. The smallest absolute Gasteiger partial charge is 0.303 e. The van der Waals surface area contributed by atoms with Gasteiger partial charge in [-0.15, -0.1) is 0 Å². The number of aliphatic carboxylic acids is 1. The van der Waals surface area contributed by atoms with Gasteiger partial charge in [0.2, 0.25) is 0 Å². The number of aryl methyl sites for hydroxylation is 1. The van der Waals surface area contributed by atoms with E-state index in [1.165, 1.54) is 11.1 Å². The SMILES string of the molecule is CC=Cc1ccccc1CCCCC(=O)O. The molecule has 0 aliphatic heterocycles. The highest BCUT2D eigenvalue weighted by Gasteiger charge is 2.00. The van der Waals surface area contributed by atoms with Gasteiger partial charge in [-0.3, -0.25) is 4.79 Å². The molecule has 16 heavy (non-hydrogen) atoms. The molecule has 0 saturated carbocycles. The fourth-order valence-corrected chi connectivity index (χ4v) is 1.70. The molecule has 0 radical (unpaired) electrons. The Labute approximate surface area is 96.6 Å². The van der Waals surface area contributed by atoms with E-state index in [0.717, 1.165) is 19.3 Å². The van der Waals surface area contributed by atoms with E-state index >= 15 is 0 Å². The van der Waals surface area contributed by atoms with Gasteiger partial charge < -0.3 is 5.11 Å². The molecule has 0 spiro atoms. The van der Waals surface area contributed by atoms with Crippen molar-refractivity contribution in [3.8, 4) is 0 Å². The van der Waals surface area contributed by atoms with Crippen molar-refractivity contribution in [1.29, 1.82) is 0 Å². The van der Waals surface area contributed by atoms with Crippen LogP contribution in [0.2, 0.25) is 0 Å². The molecule has 2 nitrogen and oxygen atoms in total. The normalized spacial score (nSPS) is 10.8. The predicted octanol–water partition coefficient (Wildman–Crippen LogP) is 3.52. The zero-order valence-corrected chi connectivity index (χ0v) is 9.65. The van der Waals surface area contributed by atoms with Gasteiger partial charge in [0.05, 0.1) is 0 Å². The Bertz CT molecular complexity index is 367. The summed E-state index contributed by atoms with van der Waals surface area (Å²) in [6.07, 6.45) is 7.02. The Hall–Kier alpha value is -1.57. The minimum absolute atomic E-state index is 0.270. The van der Waals surface area contributed by atoms with Crippen LogP contribution >= 0.6 is 0 Å². The zero-order chi connectivity index (χ0) is 11.8. The Balaban J connectivity index is 2.49. The average Bonchev–Trinajstić information content (AvgIpc) is 2.26. The molecular weight excluding hydrogens is 200 g/mol. The molecule has 0 saturated heterocycles. The third-order valence-corrected chi connectivity index (χ3v) is 2.49. The van der Waals surface area contributed by atoms with Crippen LogP contribution in [-0.4, -0.2) is 11.1 Å². The van der Waals surface area contributed by atoms with E-state index in [0.29, 0.717) is 0 Å². The second-order valence-electron chi connectivity index (χ2n) is 3.80. The van der Waals surface area contributed by atoms with Crippen LogP contribution in [0.5, 0.6) is 0 Å². The summed E-state index contributed by atoms with van der Waals surface area (Å²) in [5, 5.41) is 8.54. The van der Waals surface area contributed by atoms with Crippen molar-refractivity contribution in [2.24, 2.45) is 0 Å². The standard InChI is InChI=1S/C14H18O2/c1-2-7-12-8-3-4-9-13(12)10-5-6-11-14(15)16/h2-4,7-9H,5-6,10-11H2,1H3,(H,15,16). The molecule has 1 rings (SSSR count). The van der Waals surface area contributed by atoms with E-state index in [-0.39, 0.29) is 6.42 Å². The zero-order valence-electron chi connectivity index (χ0n) is 9.65. The number of hydrogen-bond acceptors (Lipinski definition) is 1. The minimum Gasteiger partial charge on any atom is -0.481 e. The van der Waals surface area contributed by atoms with Crippen molar-refractivity contribution in [1.82, 2.24) is 0 Å². The number of carboxylic acid groups (broad SMARTS) is 1. The second-order valence-corrected chi connectivity index (χ2v) is 3.80. The molecule has 86 valence electrons. The van der Waals surface area contributed by atoms with Gasteiger partial charge in [0.25, 0.3) is 0 Å². The van der Waals surface area contributed by atoms with Gasteiger partial charge >= 0.3 is 5.97 Å². The fraction of sp³-hybridized carbons (Fsp3) is 0.357. The summed E-state index contributed by atoms with van der Waals surface area (Å²) in [5.74, 6) is -0.707. The lowest BCUT2D eigenvalue weighted by Gasteiger charge is -2.05. The van der Waals surface area contributed by atoms with Crippen LogP contribution in [0.1, 0.15) is 37.3 Å². The first-order valence-corrected chi connectivity index (χ1v) is 5.66. The van der Waals surface area contributed by atoms with Crippen molar-refractivity contribution < 1.29 is 9.90 Å². The highest BCUT2D eigenvalue weighted by Crippen LogP contribution is 2.14. The summed E-state index contributed by atoms with van der Waals surface area (Å²) >= 11 is 0. The maximum absolute atomic E-state index is 10.4. The molecule has 0 atom stereocenters. The molecule has 2 heteroatoms. The number of unbranched alkanes of at least 4 members (excludes halogenated alkanes) is 1. The minimum atomic E-state index is -0.707. The van der Waals surface area contributed by atoms with E-state index < -0.39 is 5.97 Å². The number of hydrogen-bond donors (Lipinski definition) is 1. The van der Waals surface area contributed by atoms with Crippen LogP contribution in [0.3, 0.4) is 0 Å². The molecule has 0 bridgehead atoms. The maximum atomic E-state index is 10.4. The van der Waals surface area contributed by atoms with Crippen LogP contribution in [0, 0.1) is 0 Å². The fourth-order valence-electron chi connectivity index (χ4n) is 1.70. The first kappa shape index (κ1) is 12.5. The number of carbonyl (C=O) groups is 1. The average molecular weight is 218 g/mol. The molecule has 0 aromatic heterocycles. The van der Waals surface area contributed by atoms with Gasteiger partial charge in [-0.2, -0.15) is 0 Å². The highest BCUT2D eigenvalue weighted by atomic mass is 16.4. The summed E-state index contributed by atoms with van der Waals surface area (Å²) in [7, 11) is 0. The molecule has 0 unspecified atom stereocenters. The molecule has 1 aromatic rings. The van der Waals surface area contributed by atoms with E-state index in [2.05, 4.69) is 18.2 Å². The van der Waals surface area contributed by atoms with E-state index in [1.54, 1.807) is 0 Å². The lowest BCUT2D eigenvalue weighted by Crippen LogP contribution is -1.95. The first-order chi connectivity index (χ1) is 7.74. The number of rotatable bonds is 6. The van der Waals surface area contributed by atoms with Crippen molar-refractivity contribution in [3.63, 3.8) is 0 Å². The Morgan fingerprint density at radius 3 is 2.75 bits per heavy atom. The van der Waals surface area contributed by atoms with Gasteiger partial charge in [-0.25, -0.2) is 0 Å². The third-order valence-electron chi connectivity index (χ3n) is 2.49. The molecule has 0 aliphatic carbocycles. The Kier molecular flexibility index (Phi) is 5.34. The quantitative estimate of drug-likeness (QED) is 0.742. The van der Waals surface area contributed by atoms with Crippen LogP contribution < -0.4 is 0 Å². The summed E-state index contributed by atoms with van der Waals surface area (Å²) in [4.78, 5) is 10.4. The third kappa shape index (κ3) is 4.30. The van der Waals surface area contributed by atoms with Crippen molar-refractivity contribution >= 4 is 12.0 Å². The molecular formula is C14H18O2. The first-order valence-electron chi connectivity index (χ1n) is 5.66. The van der Waals surface area contributed by atoms with Gasteiger partial charge in [-0.05, 0) is 37.3 Å². The number of benzene rings is 1. The maximum Gasteiger partial charge on any atom is 0.303 e. The molecule has 0 aliphatic rings. The van der Waals surface area contributed by atoms with Crippen LogP contribution in [0.4, 0.5) is 0 Å². The van der Waals surface area contributed by atoms with E-state index in [1.807, 2.05) is 25.1 Å². The van der Waals surface area contributed by atoms with E-state index in [4.69, 9.17) is 5.11 Å². The van der Waals surface area contributed by atoms with Crippen LogP contribution in [0.25, 0.3) is 6.08 Å². The molecule has 1 N–H and O–H groups in total. The Morgan fingerprint density at radius 2 is 2.06 bits per heavy atom. The summed E-state index contributed by atoms with van der Waals surface area (Å²) < 4.78 is 0. The lowest BCUT2D eigenvalue weighted by molar-refractivity contribution is -0.137. The predicted molar refractivity (Wildman–Crippen MR) is 66.3 cm³/mol. The largest absolute Gasteiger partial charge is 0.481 e. The molecule has 0 fully saturated rings. The van der Waals surface area contributed by atoms with Gasteiger partial charge in [0.15, 0.2) is 0 Å². The molecule has 1 aromatic carbocycles. The van der Waals surface area contributed by atoms with Crippen LogP contribution in [-0.2, 0) is 11.2 Å². The topological polar surface area (TPSA) is 37.3 Å². The summed E-state index contributed by atoms with van der Waals surface area (Å²) in [6, 6.07) is 8.25. The van der Waals surface area contributed by atoms with Gasteiger partial charge in [-0.1, -0.05) is 36.4 Å². The summed E-state index contributed by atoms with van der Waals surface area (Å²) in [6.45, 7) is 2.00. The Morgan fingerprint density at radius 1 is 1.31 bits per heavy atom. The highest BCUT2D eigenvalue weighted by molar-refractivity contribution is 5.66. The summed E-state index contributed by atoms with van der Waals surface area (Å²) in [5.41, 5.74) is 2.53. The number of carboxylic acids is 1. The van der Waals surface area contributed by atoms with Crippen molar-refractivity contribution in [3.05, 3.63) is 41.5 Å². The van der Waals surface area contributed by atoms with E-state index in [9.17, 15) is 4.79 Å². The van der Waals surface area contributed by atoms with Crippen molar-refractivity contribution in [2.45, 2.75) is 32.6 Å². The van der Waals surface area contributed by atoms with Crippen molar-refractivity contribution in [2.75, 3.05) is 0 Å². The van der Waals surface area contributed by atoms with Gasteiger partial charge in [0, 0.05) is 6.42 Å². The van der Waals surface area contributed by atoms with Crippen LogP contribution in [0.15, 0.2) is 30.3 Å². The van der Waals surface area contributed by atoms with Gasteiger partial charge in [0.1, 0.15) is 0 Å². The number of allylic oxidation sites excluding steroid dienone is 1.